The summed E-state index contributed by atoms with van der Waals surface area (Å²) in [6, 6.07) is -1.16. The fourth-order valence-corrected chi connectivity index (χ4v) is 3.36. The van der Waals surface area contributed by atoms with Crippen molar-refractivity contribution in [2.45, 2.75) is 65.2 Å². The molecule has 0 spiro atoms. The number of hydrogen-bond donors (Lipinski definition) is 0. The van der Waals surface area contributed by atoms with Crippen LogP contribution in [0.4, 0.5) is 4.79 Å². The molecule has 7 nitrogen and oxygen atoms in total. The zero-order valence-electron chi connectivity index (χ0n) is 13.3. The van der Waals surface area contributed by atoms with E-state index in [1.807, 2.05) is 0 Å². The first-order valence-corrected chi connectivity index (χ1v) is 8.32. The zero-order valence-corrected chi connectivity index (χ0v) is 14.1. The molecule has 0 saturated carbocycles. The lowest BCUT2D eigenvalue weighted by atomic mass is 10.1. The van der Waals surface area contributed by atoms with Gasteiger partial charge in [-0.2, -0.15) is 4.31 Å². The lowest BCUT2D eigenvalue weighted by molar-refractivity contribution is -0.159. The molecule has 0 aromatic rings. The molecule has 21 heavy (non-hydrogen) atoms. The van der Waals surface area contributed by atoms with Crippen molar-refractivity contribution in [3.63, 3.8) is 0 Å². The lowest BCUT2D eigenvalue weighted by Crippen LogP contribution is -2.47. The fourth-order valence-electron chi connectivity index (χ4n) is 1.80. The van der Waals surface area contributed by atoms with Gasteiger partial charge in [-0.25, -0.2) is 18.0 Å². The van der Waals surface area contributed by atoms with E-state index in [4.69, 9.17) is 9.47 Å². The first-order valence-electron chi connectivity index (χ1n) is 6.71. The third kappa shape index (κ3) is 4.87. The monoisotopic (exact) mass is 321 g/mol. The quantitative estimate of drug-likeness (QED) is 0.682. The van der Waals surface area contributed by atoms with Gasteiger partial charge in [0.15, 0.2) is 0 Å². The van der Waals surface area contributed by atoms with E-state index >= 15 is 0 Å². The van der Waals surface area contributed by atoms with Gasteiger partial charge in [-0.15, -0.1) is 0 Å². The second kappa shape index (κ2) is 5.47. The highest BCUT2D eigenvalue weighted by Gasteiger charge is 2.48. The molecule has 1 heterocycles. The first kappa shape index (κ1) is 17.7. The van der Waals surface area contributed by atoms with Crippen molar-refractivity contribution >= 4 is 22.1 Å². The molecule has 1 atom stereocenters. The maximum absolute atomic E-state index is 12.1. The van der Waals surface area contributed by atoms with Crippen LogP contribution < -0.4 is 0 Å². The van der Waals surface area contributed by atoms with E-state index < -0.39 is 39.3 Å². The Hall–Kier alpha value is -1.31. The van der Waals surface area contributed by atoms with Crippen molar-refractivity contribution in [2.24, 2.45) is 0 Å². The number of carbonyl (C=O) groups excluding carboxylic acids is 2. The second-order valence-corrected chi connectivity index (χ2v) is 8.90. The Morgan fingerprint density at radius 2 is 1.48 bits per heavy atom. The summed E-state index contributed by atoms with van der Waals surface area (Å²) in [6.45, 7) is 9.88. The fraction of sp³-hybridized carbons (Fsp3) is 0.846. The molecule has 0 aromatic heterocycles. The second-order valence-electron chi connectivity index (χ2n) is 6.93. The molecule has 1 amide bonds. The number of rotatable bonds is 1. The molecule has 122 valence electrons. The Labute approximate surface area is 125 Å². The van der Waals surface area contributed by atoms with Crippen molar-refractivity contribution in [3.05, 3.63) is 0 Å². The highest BCUT2D eigenvalue weighted by Crippen LogP contribution is 2.26. The number of amides is 1. The smallest absolute Gasteiger partial charge is 0.424 e. The van der Waals surface area contributed by atoms with Crippen LogP contribution in [0.15, 0.2) is 0 Å². The summed E-state index contributed by atoms with van der Waals surface area (Å²) in [4.78, 5) is 24.2. The van der Waals surface area contributed by atoms with E-state index in [1.165, 1.54) is 0 Å². The normalized spacial score (nSPS) is 22.0. The van der Waals surface area contributed by atoms with E-state index in [9.17, 15) is 18.0 Å². The van der Waals surface area contributed by atoms with Crippen LogP contribution in [0.2, 0.25) is 0 Å². The van der Waals surface area contributed by atoms with Crippen molar-refractivity contribution < 1.29 is 27.5 Å². The van der Waals surface area contributed by atoms with Gasteiger partial charge in [-0.05, 0) is 48.0 Å². The van der Waals surface area contributed by atoms with E-state index in [1.54, 1.807) is 41.5 Å². The van der Waals surface area contributed by atoms with Gasteiger partial charge in [0.25, 0.3) is 0 Å². The lowest BCUT2D eigenvalue weighted by Gasteiger charge is -2.28. The van der Waals surface area contributed by atoms with Gasteiger partial charge in [0.2, 0.25) is 10.0 Å². The molecule has 0 N–H and O–H groups in total. The molecular formula is C13H23NO6S. The molecule has 0 unspecified atom stereocenters. The first-order chi connectivity index (χ1) is 9.23. The van der Waals surface area contributed by atoms with Crippen molar-refractivity contribution in [1.82, 2.24) is 4.31 Å². The molecule has 8 heteroatoms. The van der Waals surface area contributed by atoms with Crippen molar-refractivity contribution in [2.75, 3.05) is 5.75 Å². The highest BCUT2D eigenvalue weighted by molar-refractivity contribution is 7.89. The van der Waals surface area contributed by atoms with Gasteiger partial charge in [-0.3, -0.25) is 0 Å². The van der Waals surface area contributed by atoms with Crippen LogP contribution in [0.25, 0.3) is 0 Å². The third-order valence-corrected chi connectivity index (χ3v) is 4.24. The Kier molecular flexibility index (Phi) is 4.62. The predicted molar refractivity (Wildman–Crippen MR) is 76.1 cm³/mol. The number of esters is 1. The van der Waals surface area contributed by atoms with E-state index in [0.717, 1.165) is 0 Å². The van der Waals surface area contributed by atoms with Gasteiger partial charge >= 0.3 is 12.1 Å². The number of nitrogens with zero attached hydrogens (tertiary/aromatic N) is 1. The van der Waals surface area contributed by atoms with Gasteiger partial charge in [0, 0.05) is 0 Å². The number of ether oxygens (including phenoxy) is 2. The minimum Gasteiger partial charge on any atom is -0.458 e. The standard InChI is InChI=1S/C13H23NO6S/c1-12(2,3)19-10(15)9-7-8-21(17,18)14(9)11(16)20-13(4,5)6/h9H,7-8H2,1-6H3/t9-/m1/s1. The summed E-state index contributed by atoms with van der Waals surface area (Å²) in [5, 5.41) is 0. The Bertz CT molecular complexity index is 526. The molecule has 1 saturated heterocycles. The maximum Gasteiger partial charge on any atom is 0.424 e. The molecule has 0 aliphatic carbocycles. The van der Waals surface area contributed by atoms with Crippen LogP contribution in [-0.2, 0) is 24.3 Å². The summed E-state index contributed by atoms with van der Waals surface area (Å²) >= 11 is 0. The van der Waals surface area contributed by atoms with E-state index in [-0.39, 0.29) is 12.2 Å². The summed E-state index contributed by atoms with van der Waals surface area (Å²) in [5.41, 5.74) is -1.61. The van der Waals surface area contributed by atoms with Gasteiger partial charge < -0.3 is 9.47 Å². The molecular weight excluding hydrogens is 298 g/mol. The summed E-state index contributed by atoms with van der Waals surface area (Å²) in [7, 11) is -3.85. The van der Waals surface area contributed by atoms with E-state index in [0.29, 0.717) is 4.31 Å². The molecule has 1 rings (SSSR count). The van der Waals surface area contributed by atoms with Crippen LogP contribution in [0.1, 0.15) is 48.0 Å². The zero-order chi connectivity index (χ0) is 16.6. The van der Waals surface area contributed by atoms with Crippen molar-refractivity contribution in [3.8, 4) is 0 Å². The molecule has 1 fully saturated rings. The van der Waals surface area contributed by atoms with E-state index in [2.05, 4.69) is 0 Å². The number of sulfonamides is 1. The number of hydrogen-bond acceptors (Lipinski definition) is 6. The average molecular weight is 321 g/mol. The topological polar surface area (TPSA) is 90.0 Å². The predicted octanol–water partition coefficient (Wildman–Crippen LogP) is 1.67. The minimum absolute atomic E-state index is 0.0104. The minimum atomic E-state index is -3.85. The van der Waals surface area contributed by atoms with Gasteiger partial charge in [-0.1, -0.05) is 0 Å². The van der Waals surface area contributed by atoms with Crippen LogP contribution in [0.5, 0.6) is 0 Å². The maximum atomic E-state index is 12.1. The van der Waals surface area contributed by atoms with Crippen molar-refractivity contribution in [1.29, 1.82) is 0 Å². The largest absolute Gasteiger partial charge is 0.458 e. The summed E-state index contributed by atoms with van der Waals surface area (Å²) < 4.78 is 34.7. The molecule has 0 radical (unpaired) electrons. The molecule has 1 aliphatic rings. The molecule has 0 aromatic carbocycles. The summed E-state index contributed by atoms with van der Waals surface area (Å²) in [6.07, 6.45) is -1.04. The Balaban J connectivity index is 3.00. The number of carbonyl (C=O) groups is 2. The van der Waals surface area contributed by atoms with Gasteiger partial charge in [0.1, 0.15) is 17.2 Å². The van der Waals surface area contributed by atoms with Crippen LogP contribution in [0, 0.1) is 0 Å². The molecule has 0 bridgehead atoms. The average Bonchev–Trinajstić information content (AvgIpc) is 2.48. The molecule has 1 aliphatic heterocycles. The Morgan fingerprint density at radius 1 is 1.00 bits per heavy atom. The highest BCUT2D eigenvalue weighted by atomic mass is 32.2. The Morgan fingerprint density at radius 3 is 1.90 bits per heavy atom. The van der Waals surface area contributed by atoms with Crippen LogP contribution in [0.3, 0.4) is 0 Å². The van der Waals surface area contributed by atoms with Crippen LogP contribution >= 0.6 is 0 Å². The SMILES string of the molecule is CC(C)(C)OC(=O)[C@H]1CCS(=O)(=O)N1C(=O)OC(C)(C)C. The van der Waals surface area contributed by atoms with Crippen LogP contribution in [-0.4, -0.2) is 47.8 Å². The summed E-state index contributed by atoms with van der Waals surface area (Å²) in [5.74, 6) is -1.02. The third-order valence-electron chi connectivity index (χ3n) is 2.48. The van der Waals surface area contributed by atoms with Gasteiger partial charge in [0.05, 0.1) is 5.75 Å².